The molecule has 1 amide bonds. The molecule has 3 rings (SSSR count). The summed E-state index contributed by atoms with van der Waals surface area (Å²) < 4.78 is 5.74. The van der Waals surface area contributed by atoms with Gasteiger partial charge in [0.2, 0.25) is 0 Å². The summed E-state index contributed by atoms with van der Waals surface area (Å²) in [6, 6.07) is 13.7. The minimum Gasteiger partial charge on any atom is -0.481 e. The van der Waals surface area contributed by atoms with E-state index in [1.54, 1.807) is 6.92 Å². The second kappa shape index (κ2) is 7.28. The van der Waals surface area contributed by atoms with Crippen molar-refractivity contribution in [3.63, 3.8) is 0 Å². The molecule has 5 heteroatoms. The standard InChI is InChI=1S/C21H24N2O3/c1-14(26-19-9-8-15-6-4-5-7-16(15)10-19)20(25)23-22-17-11-18(24)13-21(2,3)12-17/h4-10,14H,11-13H2,1-3H3,(H,23,25). The zero-order valence-corrected chi connectivity index (χ0v) is 15.4. The lowest BCUT2D eigenvalue weighted by Crippen LogP contribution is -2.36. The lowest BCUT2D eigenvalue weighted by atomic mass is 9.76. The Morgan fingerprint density at radius 1 is 1.15 bits per heavy atom. The quantitative estimate of drug-likeness (QED) is 0.850. The van der Waals surface area contributed by atoms with Crippen molar-refractivity contribution in [1.29, 1.82) is 0 Å². The summed E-state index contributed by atoms with van der Waals surface area (Å²) in [5, 5.41) is 6.33. The summed E-state index contributed by atoms with van der Waals surface area (Å²) in [5.41, 5.74) is 3.15. The highest BCUT2D eigenvalue weighted by atomic mass is 16.5. The molecule has 1 atom stereocenters. The minimum absolute atomic E-state index is 0.105. The van der Waals surface area contributed by atoms with Crippen molar-refractivity contribution in [3.8, 4) is 5.75 Å². The van der Waals surface area contributed by atoms with E-state index in [1.807, 2.05) is 56.3 Å². The Bertz CT molecular complexity index is 870. The summed E-state index contributed by atoms with van der Waals surface area (Å²) in [7, 11) is 0. The van der Waals surface area contributed by atoms with Crippen LogP contribution < -0.4 is 10.2 Å². The lowest BCUT2D eigenvalue weighted by molar-refractivity contribution is -0.127. The number of hydrazone groups is 1. The first kappa shape index (κ1) is 18.1. The fourth-order valence-corrected chi connectivity index (χ4v) is 3.30. The molecular weight excluding hydrogens is 328 g/mol. The second-order valence-corrected chi connectivity index (χ2v) is 7.66. The van der Waals surface area contributed by atoms with Crippen molar-refractivity contribution in [1.82, 2.24) is 5.43 Å². The van der Waals surface area contributed by atoms with Crippen LogP contribution in [0.4, 0.5) is 0 Å². The maximum Gasteiger partial charge on any atom is 0.280 e. The van der Waals surface area contributed by atoms with Crippen LogP contribution in [0.3, 0.4) is 0 Å². The Kier molecular flexibility index (Phi) is 5.07. The highest BCUT2D eigenvalue weighted by molar-refractivity contribution is 6.05. The molecule has 136 valence electrons. The van der Waals surface area contributed by atoms with Crippen LogP contribution in [0, 0.1) is 5.41 Å². The third-order valence-electron chi connectivity index (χ3n) is 4.49. The molecule has 0 aromatic heterocycles. The van der Waals surface area contributed by atoms with Crippen molar-refractivity contribution in [2.45, 2.75) is 46.1 Å². The van der Waals surface area contributed by atoms with Crippen LogP contribution in [0.5, 0.6) is 5.75 Å². The number of fused-ring (bicyclic) bond motifs is 1. The second-order valence-electron chi connectivity index (χ2n) is 7.66. The summed E-state index contributed by atoms with van der Waals surface area (Å²) in [6.07, 6.45) is 0.886. The minimum atomic E-state index is -0.687. The fourth-order valence-electron chi connectivity index (χ4n) is 3.30. The van der Waals surface area contributed by atoms with E-state index in [0.717, 1.165) is 16.5 Å². The van der Waals surface area contributed by atoms with E-state index in [-0.39, 0.29) is 17.1 Å². The average Bonchev–Trinajstić information content (AvgIpc) is 2.57. The Hall–Kier alpha value is -2.69. The molecule has 2 aromatic carbocycles. The van der Waals surface area contributed by atoms with Crippen LogP contribution in [0.15, 0.2) is 47.6 Å². The van der Waals surface area contributed by atoms with Crippen LogP contribution in [0.25, 0.3) is 10.8 Å². The molecule has 1 fully saturated rings. The van der Waals surface area contributed by atoms with Gasteiger partial charge in [0.15, 0.2) is 6.10 Å². The van der Waals surface area contributed by atoms with Gasteiger partial charge in [0, 0.05) is 18.6 Å². The van der Waals surface area contributed by atoms with Crippen LogP contribution in [0.1, 0.15) is 40.0 Å². The molecule has 5 nitrogen and oxygen atoms in total. The number of nitrogens with one attached hydrogen (secondary N) is 1. The molecule has 1 aliphatic rings. The Balaban J connectivity index is 1.62. The van der Waals surface area contributed by atoms with Crippen LogP contribution in [-0.2, 0) is 9.59 Å². The Labute approximate surface area is 153 Å². The van der Waals surface area contributed by atoms with E-state index in [9.17, 15) is 9.59 Å². The van der Waals surface area contributed by atoms with E-state index < -0.39 is 6.10 Å². The van der Waals surface area contributed by atoms with Crippen molar-refractivity contribution in [2.75, 3.05) is 0 Å². The highest BCUT2D eigenvalue weighted by Crippen LogP contribution is 2.31. The van der Waals surface area contributed by atoms with Crippen LogP contribution in [-0.4, -0.2) is 23.5 Å². The molecule has 0 bridgehead atoms. The summed E-state index contributed by atoms with van der Waals surface area (Å²) in [5.74, 6) is 0.462. The van der Waals surface area contributed by atoms with Gasteiger partial charge in [-0.05, 0) is 41.7 Å². The summed E-state index contributed by atoms with van der Waals surface area (Å²) >= 11 is 0. The number of benzene rings is 2. The molecule has 1 unspecified atom stereocenters. The normalized spacial score (nSPS) is 19.3. The van der Waals surface area contributed by atoms with Gasteiger partial charge in [-0.1, -0.05) is 44.2 Å². The van der Waals surface area contributed by atoms with E-state index in [0.29, 0.717) is 25.0 Å². The van der Waals surface area contributed by atoms with Gasteiger partial charge >= 0.3 is 0 Å². The predicted molar refractivity (Wildman–Crippen MR) is 102 cm³/mol. The average molecular weight is 352 g/mol. The zero-order valence-electron chi connectivity index (χ0n) is 15.4. The maximum absolute atomic E-state index is 12.3. The van der Waals surface area contributed by atoms with Gasteiger partial charge in [-0.2, -0.15) is 5.10 Å². The number of hydrogen-bond donors (Lipinski definition) is 1. The molecule has 1 N–H and O–H groups in total. The van der Waals surface area contributed by atoms with Gasteiger partial charge in [0.25, 0.3) is 5.91 Å². The topological polar surface area (TPSA) is 67.8 Å². The van der Waals surface area contributed by atoms with Gasteiger partial charge < -0.3 is 4.74 Å². The van der Waals surface area contributed by atoms with Crippen molar-refractivity contribution in [2.24, 2.45) is 10.5 Å². The number of Topliss-reactive ketones (excluding diaryl/α,β-unsaturated/α-hetero) is 1. The summed E-state index contributed by atoms with van der Waals surface area (Å²) in [4.78, 5) is 24.1. The molecule has 26 heavy (non-hydrogen) atoms. The van der Waals surface area contributed by atoms with Crippen LogP contribution in [0.2, 0.25) is 0 Å². The van der Waals surface area contributed by atoms with E-state index in [4.69, 9.17) is 4.74 Å². The van der Waals surface area contributed by atoms with Crippen molar-refractivity contribution >= 4 is 28.2 Å². The number of carbonyl (C=O) groups is 2. The first-order valence-corrected chi connectivity index (χ1v) is 8.85. The Morgan fingerprint density at radius 2 is 1.88 bits per heavy atom. The van der Waals surface area contributed by atoms with Crippen molar-refractivity contribution in [3.05, 3.63) is 42.5 Å². The third-order valence-corrected chi connectivity index (χ3v) is 4.49. The molecule has 0 heterocycles. The number of hydrogen-bond acceptors (Lipinski definition) is 4. The van der Waals surface area contributed by atoms with E-state index >= 15 is 0 Å². The van der Waals surface area contributed by atoms with Gasteiger partial charge in [-0.15, -0.1) is 0 Å². The van der Waals surface area contributed by atoms with Crippen molar-refractivity contribution < 1.29 is 14.3 Å². The molecule has 1 aliphatic carbocycles. The molecule has 0 radical (unpaired) electrons. The highest BCUT2D eigenvalue weighted by Gasteiger charge is 2.30. The largest absolute Gasteiger partial charge is 0.481 e. The predicted octanol–water partition coefficient (Wildman–Crippen LogP) is 3.86. The number of ether oxygens (including phenoxy) is 1. The SMILES string of the molecule is CC(Oc1ccc2ccccc2c1)C(=O)NN=C1CC(=O)CC(C)(C)C1. The van der Waals surface area contributed by atoms with Gasteiger partial charge in [-0.3, -0.25) is 9.59 Å². The zero-order chi connectivity index (χ0) is 18.7. The lowest BCUT2D eigenvalue weighted by Gasteiger charge is -2.29. The Morgan fingerprint density at radius 3 is 2.62 bits per heavy atom. The van der Waals surface area contributed by atoms with Gasteiger partial charge in [0.05, 0.1) is 0 Å². The smallest absolute Gasteiger partial charge is 0.280 e. The van der Waals surface area contributed by atoms with E-state index in [2.05, 4.69) is 10.5 Å². The monoisotopic (exact) mass is 352 g/mol. The maximum atomic E-state index is 12.3. The number of ketones is 1. The molecule has 1 saturated carbocycles. The van der Waals surface area contributed by atoms with E-state index in [1.165, 1.54) is 0 Å². The summed E-state index contributed by atoms with van der Waals surface area (Å²) in [6.45, 7) is 5.75. The van der Waals surface area contributed by atoms with Gasteiger partial charge in [-0.25, -0.2) is 5.43 Å². The molecule has 0 saturated heterocycles. The molecule has 2 aromatic rings. The molecule has 0 spiro atoms. The molecule has 0 aliphatic heterocycles. The third kappa shape index (κ3) is 4.48. The number of nitrogens with zero attached hydrogens (tertiary/aromatic N) is 1. The van der Waals surface area contributed by atoms with Crippen LogP contribution >= 0.6 is 0 Å². The molecular formula is C21H24N2O3. The fraction of sp³-hybridized carbons (Fsp3) is 0.381. The first-order valence-electron chi connectivity index (χ1n) is 8.85. The number of rotatable bonds is 4. The number of carbonyl (C=O) groups excluding carboxylic acids is 2. The number of amides is 1. The first-order chi connectivity index (χ1) is 12.3. The van der Waals surface area contributed by atoms with Gasteiger partial charge in [0.1, 0.15) is 11.5 Å².